The van der Waals surface area contributed by atoms with E-state index in [0.717, 1.165) is 0 Å². The molecule has 0 unspecified atom stereocenters. The van der Waals surface area contributed by atoms with Crippen molar-refractivity contribution < 1.29 is 48.6 Å². The molecule has 0 aliphatic carbocycles. The number of carboxylic acid groups (broad SMARTS) is 1. The zero-order valence-electron chi connectivity index (χ0n) is 30.2. The van der Waals surface area contributed by atoms with E-state index in [-0.39, 0.29) is 45.2 Å². The van der Waals surface area contributed by atoms with Crippen LogP contribution in [0.5, 0.6) is 0 Å². The van der Waals surface area contributed by atoms with Crippen molar-refractivity contribution in [2.75, 3.05) is 26.2 Å². The minimum Gasteiger partial charge on any atom is -0.480 e. The number of primary amides is 1. The first-order chi connectivity index (χ1) is 24.4. The van der Waals surface area contributed by atoms with Crippen LogP contribution in [0.3, 0.4) is 0 Å². The molecular formula is C31H59N11O10. The summed E-state index contributed by atoms with van der Waals surface area (Å²) in [5.41, 5.74) is 27.9. The minimum absolute atomic E-state index is 0.000420. The van der Waals surface area contributed by atoms with E-state index in [0.29, 0.717) is 19.4 Å². The summed E-state index contributed by atoms with van der Waals surface area (Å²) in [6.07, 6.45) is -0.0804. The maximum absolute atomic E-state index is 13.5. The van der Waals surface area contributed by atoms with Gasteiger partial charge in [0.2, 0.25) is 41.4 Å². The zero-order chi connectivity index (χ0) is 40.0. The first-order valence-corrected chi connectivity index (χ1v) is 17.2. The van der Waals surface area contributed by atoms with Gasteiger partial charge in [0.25, 0.3) is 0 Å². The molecule has 0 spiro atoms. The summed E-state index contributed by atoms with van der Waals surface area (Å²) in [6, 6.07) is -7.97. The highest BCUT2D eigenvalue weighted by molar-refractivity contribution is 5.98. The molecule has 52 heavy (non-hydrogen) atoms. The molecule has 21 nitrogen and oxygen atoms in total. The van der Waals surface area contributed by atoms with Crippen LogP contribution in [-0.2, 0) is 38.4 Å². The third-order valence-corrected chi connectivity index (χ3v) is 7.73. The van der Waals surface area contributed by atoms with E-state index in [1.807, 2.05) is 0 Å². The third kappa shape index (κ3) is 18.7. The first-order valence-electron chi connectivity index (χ1n) is 17.2. The van der Waals surface area contributed by atoms with Crippen molar-refractivity contribution >= 4 is 47.3 Å². The summed E-state index contributed by atoms with van der Waals surface area (Å²) < 4.78 is 0. The van der Waals surface area contributed by atoms with E-state index in [2.05, 4.69) is 31.9 Å². The number of carboxylic acids is 1. The number of aliphatic hydroxyl groups is 1. The minimum atomic E-state index is -1.61. The Balaban J connectivity index is 6.01. The fourth-order valence-electron chi connectivity index (χ4n) is 4.77. The number of aliphatic hydroxyl groups excluding tert-OH is 1. The lowest BCUT2D eigenvalue weighted by molar-refractivity contribution is -0.139. The van der Waals surface area contributed by atoms with E-state index < -0.39 is 109 Å². The average molecular weight is 746 g/mol. The molecule has 0 saturated heterocycles. The van der Waals surface area contributed by atoms with Crippen molar-refractivity contribution in [2.24, 2.45) is 34.6 Å². The molecule has 0 aliphatic heterocycles. The van der Waals surface area contributed by atoms with Crippen LogP contribution in [0.25, 0.3) is 0 Å². The van der Waals surface area contributed by atoms with Gasteiger partial charge in [-0.2, -0.15) is 0 Å². The van der Waals surface area contributed by atoms with Gasteiger partial charge in [-0.1, -0.05) is 20.3 Å². The second kappa shape index (κ2) is 25.5. The summed E-state index contributed by atoms with van der Waals surface area (Å²) in [5.74, 6) is -8.11. The van der Waals surface area contributed by atoms with Crippen LogP contribution in [0.2, 0.25) is 0 Å². The summed E-state index contributed by atoms with van der Waals surface area (Å²) >= 11 is 0. The van der Waals surface area contributed by atoms with Gasteiger partial charge in [0.05, 0.1) is 18.6 Å². The largest absolute Gasteiger partial charge is 0.480 e. The average Bonchev–Trinajstić information content (AvgIpc) is 3.07. The molecule has 0 heterocycles. The summed E-state index contributed by atoms with van der Waals surface area (Å²) in [7, 11) is 0. The fraction of sp³-hybridized carbons (Fsp3) is 0.742. The normalized spacial score (nSPS) is 15.1. The Morgan fingerprint density at radius 1 is 0.577 bits per heavy atom. The Morgan fingerprint density at radius 2 is 1.04 bits per heavy atom. The Labute approximate surface area is 303 Å². The van der Waals surface area contributed by atoms with Crippen molar-refractivity contribution in [3.63, 3.8) is 0 Å². The van der Waals surface area contributed by atoms with Gasteiger partial charge >= 0.3 is 5.97 Å². The molecule has 0 saturated carbocycles. The second-order valence-electron chi connectivity index (χ2n) is 12.7. The number of carbonyl (C=O) groups excluding carboxylic acids is 7. The van der Waals surface area contributed by atoms with Crippen molar-refractivity contribution in [3.05, 3.63) is 0 Å². The molecule has 21 heteroatoms. The lowest BCUT2D eigenvalue weighted by Gasteiger charge is -2.29. The molecule has 0 radical (unpaired) electrons. The Hall–Kier alpha value is -4.44. The predicted molar refractivity (Wildman–Crippen MR) is 188 cm³/mol. The fourth-order valence-corrected chi connectivity index (χ4v) is 4.77. The van der Waals surface area contributed by atoms with Gasteiger partial charge in [-0.15, -0.1) is 0 Å². The molecule has 0 aromatic carbocycles. The third-order valence-electron chi connectivity index (χ3n) is 7.73. The van der Waals surface area contributed by atoms with E-state index >= 15 is 0 Å². The lowest BCUT2D eigenvalue weighted by Crippen LogP contribution is -2.61. The monoisotopic (exact) mass is 745 g/mol. The molecule has 0 fully saturated rings. The Bertz CT molecular complexity index is 1200. The van der Waals surface area contributed by atoms with Crippen LogP contribution in [0.15, 0.2) is 0 Å². The highest BCUT2D eigenvalue weighted by Crippen LogP contribution is 2.08. The van der Waals surface area contributed by atoms with Crippen LogP contribution < -0.4 is 60.6 Å². The number of aliphatic carboxylic acids is 1. The van der Waals surface area contributed by atoms with Gasteiger partial charge in [0.15, 0.2) is 0 Å². The van der Waals surface area contributed by atoms with Gasteiger partial charge < -0.3 is 70.8 Å². The molecule has 7 amide bonds. The van der Waals surface area contributed by atoms with Crippen LogP contribution in [0, 0.1) is 5.92 Å². The van der Waals surface area contributed by atoms with Crippen LogP contribution in [0.1, 0.15) is 72.1 Å². The summed E-state index contributed by atoms with van der Waals surface area (Å²) in [6.45, 7) is 4.37. The molecule has 0 rings (SSSR count). The second-order valence-corrected chi connectivity index (χ2v) is 12.7. The molecule has 0 bridgehead atoms. The standard InChI is InChI=1S/C31H59N11O10/c1-16(2)24(30(51)40-21(14-22(36)44)29(50)38-19(9-6-12-33)27(48)37-15-23(45)46)41-28(49)20(10-7-13-34)39-31(52)25(17(3)43)42-26(47)18(35)8-4-5-11-32/h16-21,24-25,43H,4-15,32-35H2,1-3H3,(H2,36,44)(H,37,48)(H,38,50)(H,39,52)(H,40,51)(H,41,49)(H,42,47)(H,45,46)/t17-,18+,19+,20+,21+,24+,25+/m1/s1. The number of hydrogen-bond acceptors (Lipinski definition) is 13. The summed E-state index contributed by atoms with van der Waals surface area (Å²) in [5, 5.41) is 33.5. The van der Waals surface area contributed by atoms with E-state index in [1.54, 1.807) is 13.8 Å². The lowest BCUT2D eigenvalue weighted by atomic mass is 10.0. The molecule has 298 valence electrons. The van der Waals surface area contributed by atoms with Crippen molar-refractivity contribution in [1.82, 2.24) is 31.9 Å². The van der Waals surface area contributed by atoms with Crippen molar-refractivity contribution in [1.29, 1.82) is 0 Å². The van der Waals surface area contributed by atoms with E-state index in [4.69, 9.17) is 33.8 Å². The molecule has 0 aromatic rings. The van der Waals surface area contributed by atoms with Gasteiger partial charge in [0, 0.05) is 0 Å². The zero-order valence-corrected chi connectivity index (χ0v) is 30.2. The summed E-state index contributed by atoms with van der Waals surface area (Å²) in [4.78, 5) is 101. The van der Waals surface area contributed by atoms with Gasteiger partial charge in [0.1, 0.15) is 36.8 Å². The maximum Gasteiger partial charge on any atom is 0.322 e. The number of nitrogens with two attached hydrogens (primary N) is 5. The first kappa shape index (κ1) is 47.6. The molecule has 7 atom stereocenters. The smallest absolute Gasteiger partial charge is 0.322 e. The maximum atomic E-state index is 13.5. The molecular weight excluding hydrogens is 686 g/mol. The number of hydrogen-bond donors (Lipinski definition) is 13. The molecule has 0 aliphatic rings. The van der Waals surface area contributed by atoms with Crippen LogP contribution >= 0.6 is 0 Å². The number of carbonyl (C=O) groups is 8. The van der Waals surface area contributed by atoms with E-state index in [1.165, 1.54) is 6.92 Å². The quantitative estimate of drug-likeness (QED) is 0.0349. The molecule has 18 N–H and O–H groups in total. The van der Waals surface area contributed by atoms with Gasteiger partial charge in [-0.3, -0.25) is 38.4 Å². The predicted octanol–water partition coefficient (Wildman–Crippen LogP) is -5.54. The van der Waals surface area contributed by atoms with Crippen LogP contribution in [-0.4, -0.2) is 126 Å². The van der Waals surface area contributed by atoms with Crippen molar-refractivity contribution in [2.45, 2.75) is 114 Å². The SMILES string of the molecule is CC(C)[C@H](NC(=O)[C@H](CCCN)NC(=O)[C@@H](NC(=O)[C@@H](N)CCCCN)[C@@H](C)O)C(=O)N[C@@H](CC(N)=O)C(=O)N[C@@H](CCCN)C(=O)NCC(=O)O. The van der Waals surface area contributed by atoms with Crippen LogP contribution in [0.4, 0.5) is 0 Å². The number of unbranched alkanes of at least 4 members (excludes halogenated alkanes) is 1. The highest BCUT2D eigenvalue weighted by atomic mass is 16.4. The number of amides is 7. The van der Waals surface area contributed by atoms with E-state index in [9.17, 15) is 43.5 Å². The Kier molecular flexibility index (Phi) is 23.3. The Morgan fingerprint density at radius 3 is 1.52 bits per heavy atom. The highest BCUT2D eigenvalue weighted by Gasteiger charge is 2.35. The van der Waals surface area contributed by atoms with Gasteiger partial charge in [-0.05, 0) is 71.0 Å². The molecule has 0 aromatic heterocycles. The number of rotatable bonds is 27. The van der Waals surface area contributed by atoms with Gasteiger partial charge in [-0.25, -0.2) is 0 Å². The number of nitrogens with one attached hydrogen (secondary N) is 6. The van der Waals surface area contributed by atoms with Crippen molar-refractivity contribution in [3.8, 4) is 0 Å². The topological polar surface area (TPSA) is 379 Å².